The minimum Gasteiger partial charge on any atom is -0.445 e. The normalized spacial score (nSPS) is 18.9. The number of ether oxygens (including phenoxy) is 1. The molecule has 0 radical (unpaired) electrons. The third kappa shape index (κ3) is 3.82. The molecule has 2 aromatic rings. The first-order valence-corrected chi connectivity index (χ1v) is 9.55. The number of carbonyl (C=O) groups excluding carboxylic acids is 2. The standard InChI is InChI=1S/C22H24N2O3/c25-21(23-14-12-18-9-4-5-10-19(18)15-23)20-11-6-13-24(20)22(26)27-16-17-7-2-1-3-8-17/h1-5,7-10,20H,6,11-16H2/t20-/m0/s1. The number of nitrogens with zero attached hydrogens (tertiary/aromatic N) is 2. The zero-order chi connectivity index (χ0) is 18.6. The number of hydrogen-bond donors (Lipinski definition) is 0. The van der Waals surface area contributed by atoms with Gasteiger partial charge in [0, 0.05) is 19.6 Å². The Morgan fingerprint density at radius 2 is 1.70 bits per heavy atom. The Balaban J connectivity index is 1.39. The molecule has 0 aromatic heterocycles. The number of amides is 2. The van der Waals surface area contributed by atoms with Gasteiger partial charge in [0.25, 0.3) is 0 Å². The molecule has 5 nitrogen and oxygen atoms in total. The summed E-state index contributed by atoms with van der Waals surface area (Å²) >= 11 is 0. The van der Waals surface area contributed by atoms with Crippen LogP contribution in [-0.2, 0) is 29.1 Å². The number of rotatable bonds is 3. The van der Waals surface area contributed by atoms with Crippen LogP contribution in [0.3, 0.4) is 0 Å². The first-order valence-electron chi connectivity index (χ1n) is 9.55. The molecule has 4 rings (SSSR count). The molecule has 2 aliphatic rings. The van der Waals surface area contributed by atoms with Gasteiger partial charge in [-0.15, -0.1) is 0 Å². The highest BCUT2D eigenvalue weighted by Gasteiger charge is 2.38. The van der Waals surface area contributed by atoms with E-state index in [2.05, 4.69) is 12.1 Å². The number of likely N-dealkylation sites (tertiary alicyclic amines) is 1. The zero-order valence-corrected chi connectivity index (χ0v) is 15.3. The van der Waals surface area contributed by atoms with Crippen LogP contribution in [-0.4, -0.2) is 40.9 Å². The fraction of sp³-hybridized carbons (Fsp3) is 0.364. The average Bonchev–Trinajstić information content (AvgIpc) is 3.22. The molecule has 2 aromatic carbocycles. The summed E-state index contributed by atoms with van der Waals surface area (Å²) < 4.78 is 5.45. The van der Waals surface area contributed by atoms with Gasteiger partial charge in [0.05, 0.1) is 0 Å². The molecule has 1 fully saturated rings. The number of benzene rings is 2. The molecule has 0 aliphatic carbocycles. The van der Waals surface area contributed by atoms with E-state index >= 15 is 0 Å². The third-order valence-electron chi connectivity index (χ3n) is 5.42. The van der Waals surface area contributed by atoms with Gasteiger partial charge >= 0.3 is 6.09 Å². The van der Waals surface area contributed by atoms with Gasteiger partial charge < -0.3 is 9.64 Å². The van der Waals surface area contributed by atoms with Gasteiger partial charge in [-0.3, -0.25) is 9.69 Å². The van der Waals surface area contributed by atoms with E-state index in [9.17, 15) is 9.59 Å². The van der Waals surface area contributed by atoms with Crippen molar-refractivity contribution in [3.05, 3.63) is 71.3 Å². The maximum Gasteiger partial charge on any atom is 0.410 e. The number of hydrogen-bond acceptors (Lipinski definition) is 3. The second kappa shape index (κ2) is 7.82. The van der Waals surface area contributed by atoms with E-state index in [0.717, 1.165) is 18.4 Å². The van der Waals surface area contributed by atoms with Crippen molar-refractivity contribution in [2.45, 2.75) is 38.5 Å². The second-order valence-corrected chi connectivity index (χ2v) is 7.17. The van der Waals surface area contributed by atoms with Crippen molar-refractivity contribution >= 4 is 12.0 Å². The third-order valence-corrected chi connectivity index (χ3v) is 5.42. The molecule has 0 unspecified atom stereocenters. The minimum atomic E-state index is -0.404. The fourth-order valence-corrected chi connectivity index (χ4v) is 3.94. The largest absolute Gasteiger partial charge is 0.445 e. The van der Waals surface area contributed by atoms with Crippen LogP contribution in [0, 0.1) is 0 Å². The Morgan fingerprint density at radius 1 is 0.963 bits per heavy atom. The van der Waals surface area contributed by atoms with Gasteiger partial charge in [-0.1, -0.05) is 54.6 Å². The molecule has 2 heterocycles. The van der Waals surface area contributed by atoms with Crippen molar-refractivity contribution in [2.24, 2.45) is 0 Å². The molecule has 0 N–H and O–H groups in total. The van der Waals surface area contributed by atoms with Crippen molar-refractivity contribution < 1.29 is 14.3 Å². The van der Waals surface area contributed by atoms with Gasteiger partial charge in [0.15, 0.2) is 0 Å². The topological polar surface area (TPSA) is 49.9 Å². The highest BCUT2D eigenvalue weighted by Crippen LogP contribution is 2.25. The molecule has 0 spiro atoms. The van der Waals surface area contributed by atoms with Gasteiger partial charge in [-0.05, 0) is 36.0 Å². The van der Waals surface area contributed by atoms with Crippen LogP contribution < -0.4 is 0 Å². The Bertz CT molecular complexity index is 821. The summed E-state index contributed by atoms with van der Waals surface area (Å²) in [5.74, 6) is 0.0404. The Hall–Kier alpha value is -2.82. The van der Waals surface area contributed by atoms with E-state index in [1.165, 1.54) is 11.1 Å². The highest BCUT2D eigenvalue weighted by atomic mass is 16.6. The van der Waals surface area contributed by atoms with Gasteiger partial charge in [0.1, 0.15) is 12.6 Å². The molecular weight excluding hydrogens is 340 g/mol. The molecule has 0 saturated carbocycles. The summed E-state index contributed by atoms with van der Waals surface area (Å²) in [6, 6.07) is 17.5. The van der Waals surface area contributed by atoms with Crippen molar-refractivity contribution in [2.75, 3.05) is 13.1 Å². The molecule has 5 heteroatoms. The monoisotopic (exact) mass is 364 g/mol. The average molecular weight is 364 g/mol. The Morgan fingerprint density at radius 3 is 2.52 bits per heavy atom. The predicted molar refractivity (Wildman–Crippen MR) is 102 cm³/mol. The van der Waals surface area contributed by atoms with E-state index in [0.29, 0.717) is 26.1 Å². The van der Waals surface area contributed by atoms with Crippen LogP contribution in [0.1, 0.15) is 29.5 Å². The van der Waals surface area contributed by atoms with Crippen LogP contribution in [0.4, 0.5) is 4.79 Å². The fourth-order valence-electron chi connectivity index (χ4n) is 3.94. The Kier molecular flexibility index (Phi) is 5.10. The molecule has 2 aliphatic heterocycles. The van der Waals surface area contributed by atoms with Crippen LogP contribution in [0.5, 0.6) is 0 Å². The van der Waals surface area contributed by atoms with Crippen LogP contribution in [0.2, 0.25) is 0 Å². The van der Waals surface area contributed by atoms with Gasteiger partial charge in [-0.25, -0.2) is 4.79 Å². The van der Waals surface area contributed by atoms with Crippen LogP contribution in [0.25, 0.3) is 0 Å². The van der Waals surface area contributed by atoms with Gasteiger partial charge in [-0.2, -0.15) is 0 Å². The first-order chi connectivity index (χ1) is 13.2. The minimum absolute atomic E-state index is 0.0404. The van der Waals surface area contributed by atoms with Crippen LogP contribution >= 0.6 is 0 Å². The van der Waals surface area contributed by atoms with E-state index in [1.807, 2.05) is 47.4 Å². The summed E-state index contributed by atoms with van der Waals surface area (Å²) in [6.07, 6.45) is 2.01. The molecule has 1 atom stereocenters. The second-order valence-electron chi connectivity index (χ2n) is 7.17. The molecule has 1 saturated heterocycles. The van der Waals surface area contributed by atoms with Gasteiger partial charge in [0.2, 0.25) is 5.91 Å². The lowest BCUT2D eigenvalue weighted by molar-refractivity contribution is -0.136. The van der Waals surface area contributed by atoms with E-state index in [4.69, 9.17) is 4.74 Å². The van der Waals surface area contributed by atoms with E-state index in [-0.39, 0.29) is 12.5 Å². The molecule has 2 amide bonds. The SMILES string of the molecule is O=C([C@@H]1CCCN1C(=O)OCc1ccccc1)N1CCc2ccccc2C1. The maximum atomic E-state index is 13.1. The smallest absolute Gasteiger partial charge is 0.410 e. The van der Waals surface area contributed by atoms with E-state index in [1.54, 1.807) is 4.90 Å². The van der Waals surface area contributed by atoms with E-state index < -0.39 is 12.1 Å². The molecule has 140 valence electrons. The lowest BCUT2D eigenvalue weighted by atomic mass is 9.99. The van der Waals surface area contributed by atoms with Crippen molar-refractivity contribution in [1.82, 2.24) is 9.80 Å². The van der Waals surface area contributed by atoms with Crippen LogP contribution in [0.15, 0.2) is 54.6 Å². The van der Waals surface area contributed by atoms with Crippen molar-refractivity contribution in [3.63, 3.8) is 0 Å². The van der Waals surface area contributed by atoms with Crippen molar-refractivity contribution in [1.29, 1.82) is 0 Å². The molecule has 27 heavy (non-hydrogen) atoms. The molecular formula is C22H24N2O3. The lowest BCUT2D eigenvalue weighted by Crippen LogP contribution is -2.49. The first kappa shape index (κ1) is 17.6. The summed E-state index contributed by atoms with van der Waals surface area (Å²) in [4.78, 5) is 29.1. The highest BCUT2D eigenvalue weighted by molar-refractivity contribution is 5.86. The summed E-state index contributed by atoms with van der Waals surface area (Å²) in [6.45, 7) is 2.14. The number of carbonyl (C=O) groups is 2. The molecule has 0 bridgehead atoms. The number of fused-ring (bicyclic) bond motifs is 1. The zero-order valence-electron chi connectivity index (χ0n) is 15.3. The summed E-state index contributed by atoms with van der Waals surface area (Å²) in [5, 5.41) is 0. The summed E-state index contributed by atoms with van der Waals surface area (Å²) in [5.41, 5.74) is 3.46. The lowest BCUT2D eigenvalue weighted by Gasteiger charge is -2.33. The summed E-state index contributed by atoms with van der Waals surface area (Å²) in [7, 11) is 0. The Labute approximate surface area is 159 Å². The quantitative estimate of drug-likeness (QED) is 0.839. The van der Waals surface area contributed by atoms with Crippen molar-refractivity contribution in [3.8, 4) is 0 Å². The predicted octanol–water partition coefficient (Wildman–Crippen LogP) is 3.37. The maximum absolute atomic E-state index is 13.1.